The standard InChI is InChI=1S/C16H21N.C4H9NO.3C2H6/c1-16(2,17(3)4)15-12-8-7-11-14(15)13-9-5-6-10-13;1-4(6)5(2)3;3*1-2/h5-9,11-12H,10H2,1-4H3;1-3H3;3*1-2H3. The van der Waals surface area contributed by atoms with Crippen molar-refractivity contribution >= 4 is 11.5 Å². The van der Waals surface area contributed by atoms with Crippen LogP contribution in [-0.2, 0) is 10.3 Å². The molecule has 1 aromatic rings. The molecule has 1 aliphatic rings. The van der Waals surface area contributed by atoms with Crippen LogP contribution in [0, 0.1) is 0 Å². The first-order valence-electron chi connectivity index (χ1n) is 11.0. The molecule has 1 aliphatic carbocycles. The van der Waals surface area contributed by atoms with Crippen molar-refractivity contribution in [1.29, 1.82) is 0 Å². The molecule has 3 nitrogen and oxygen atoms in total. The predicted molar refractivity (Wildman–Crippen MR) is 133 cm³/mol. The van der Waals surface area contributed by atoms with Gasteiger partial charge in [0.2, 0.25) is 5.91 Å². The fraction of sp³-hybridized carbons (Fsp3) is 0.577. The fourth-order valence-electron chi connectivity index (χ4n) is 2.18. The smallest absolute Gasteiger partial charge is 0.218 e. The highest BCUT2D eigenvalue weighted by atomic mass is 16.2. The lowest BCUT2D eigenvalue weighted by Gasteiger charge is -2.35. The van der Waals surface area contributed by atoms with E-state index in [1.165, 1.54) is 28.5 Å². The summed E-state index contributed by atoms with van der Waals surface area (Å²) in [4.78, 5) is 13.9. The molecule has 0 spiro atoms. The van der Waals surface area contributed by atoms with E-state index in [-0.39, 0.29) is 11.4 Å². The van der Waals surface area contributed by atoms with Crippen LogP contribution in [0.4, 0.5) is 0 Å². The second kappa shape index (κ2) is 18.2. The number of benzene rings is 1. The molecule has 2 rings (SSSR count). The quantitative estimate of drug-likeness (QED) is 0.541. The van der Waals surface area contributed by atoms with E-state index in [0.29, 0.717) is 0 Å². The topological polar surface area (TPSA) is 23.6 Å². The molecule has 0 saturated carbocycles. The van der Waals surface area contributed by atoms with Gasteiger partial charge in [0.15, 0.2) is 0 Å². The number of hydrogen-bond acceptors (Lipinski definition) is 2. The molecule has 0 atom stereocenters. The Morgan fingerprint density at radius 1 is 0.897 bits per heavy atom. The molecule has 1 aromatic carbocycles. The molecule has 168 valence electrons. The van der Waals surface area contributed by atoms with E-state index in [1.54, 1.807) is 14.1 Å². The van der Waals surface area contributed by atoms with Crippen molar-refractivity contribution in [2.24, 2.45) is 0 Å². The second-order valence-electron chi connectivity index (χ2n) is 6.74. The molecule has 29 heavy (non-hydrogen) atoms. The molecule has 0 radical (unpaired) electrons. The Labute approximate surface area is 182 Å². The maximum absolute atomic E-state index is 10.1. The van der Waals surface area contributed by atoms with Crippen molar-refractivity contribution in [2.75, 3.05) is 28.2 Å². The van der Waals surface area contributed by atoms with Crippen LogP contribution in [-0.4, -0.2) is 43.9 Å². The highest BCUT2D eigenvalue weighted by Crippen LogP contribution is 2.34. The van der Waals surface area contributed by atoms with E-state index in [0.717, 1.165) is 6.42 Å². The van der Waals surface area contributed by atoms with Crippen LogP contribution in [0.25, 0.3) is 5.57 Å². The molecular formula is C26H48N2O. The van der Waals surface area contributed by atoms with Crippen molar-refractivity contribution in [1.82, 2.24) is 9.80 Å². The molecule has 0 N–H and O–H groups in total. The number of nitrogens with zero attached hydrogens (tertiary/aromatic N) is 2. The van der Waals surface area contributed by atoms with Gasteiger partial charge in [0.05, 0.1) is 0 Å². The van der Waals surface area contributed by atoms with Crippen molar-refractivity contribution in [3.63, 3.8) is 0 Å². The first kappa shape index (κ1) is 31.8. The molecule has 0 unspecified atom stereocenters. The lowest BCUT2D eigenvalue weighted by molar-refractivity contribution is -0.126. The lowest BCUT2D eigenvalue weighted by atomic mass is 9.86. The zero-order chi connectivity index (χ0) is 23.6. The van der Waals surface area contributed by atoms with Gasteiger partial charge in [-0.3, -0.25) is 4.79 Å². The van der Waals surface area contributed by atoms with Crippen molar-refractivity contribution in [2.45, 2.75) is 74.3 Å². The number of amides is 1. The predicted octanol–water partition coefficient (Wildman–Crippen LogP) is 7.00. The van der Waals surface area contributed by atoms with E-state index >= 15 is 0 Å². The van der Waals surface area contributed by atoms with Gasteiger partial charge in [-0.1, -0.05) is 84.0 Å². The number of rotatable bonds is 3. The molecule has 0 aromatic heterocycles. The minimum absolute atomic E-state index is 0.0556. The summed E-state index contributed by atoms with van der Waals surface area (Å²) in [7, 11) is 7.72. The third-order valence-electron chi connectivity index (χ3n) is 4.45. The van der Waals surface area contributed by atoms with Gasteiger partial charge in [-0.05, 0) is 51.1 Å². The van der Waals surface area contributed by atoms with Gasteiger partial charge in [0.1, 0.15) is 0 Å². The van der Waals surface area contributed by atoms with Crippen LogP contribution >= 0.6 is 0 Å². The largest absolute Gasteiger partial charge is 0.349 e. The van der Waals surface area contributed by atoms with E-state index in [2.05, 4.69) is 75.3 Å². The van der Waals surface area contributed by atoms with Gasteiger partial charge in [-0.2, -0.15) is 0 Å². The van der Waals surface area contributed by atoms with Gasteiger partial charge in [-0.15, -0.1) is 0 Å². The Morgan fingerprint density at radius 2 is 1.34 bits per heavy atom. The number of hydrogen-bond donors (Lipinski definition) is 0. The van der Waals surface area contributed by atoms with Crippen LogP contribution in [0.5, 0.6) is 0 Å². The molecule has 0 heterocycles. The maximum atomic E-state index is 10.1. The molecule has 0 fully saturated rings. The van der Waals surface area contributed by atoms with Crippen LogP contribution in [0.3, 0.4) is 0 Å². The Kier molecular flexibility index (Phi) is 19.9. The number of carbonyl (C=O) groups excluding carboxylic acids is 1. The average Bonchev–Trinajstić information content (AvgIpc) is 3.27. The first-order valence-corrected chi connectivity index (χ1v) is 11.0. The monoisotopic (exact) mass is 404 g/mol. The molecule has 0 saturated heterocycles. The van der Waals surface area contributed by atoms with E-state index < -0.39 is 0 Å². The molecular weight excluding hydrogens is 356 g/mol. The highest BCUT2D eigenvalue weighted by molar-refractivity contribution is 5.73. The van der Waals surface area contributed by atoms with Crippen LogP contribution in [0.2, 0.25) is 0 Å². The Morgan fingerprint density at radius 3 is 1.69 bits per heavy atom. The van der Waals surface area contributed by atoms with Gasteiger partial charge < -0.3 is 9.80 Å². The Balaban J connectivity index is -0.000000475. The summed E-state index contributed by atoms with van der Waals surface area (Å²) in [5, 5.41) is 0. The fourth-order valence-corrected chi connectivity index (χ4v) is 2.18. The summed E-state index contributed by atoms with van der Waals surface area (Å²) in [6.07, 6.45) is 7.65. The molecule has 0 aliphatic heterocycles. The normalized spacial score (nSPS) is 11.3. The third-order valence-corrected chi connectivity index (χ3v) is 4.45. The summed E-state index contributed by atoms with van der Waals surface area (Å²) in [5.41, 5.74) is 4.27. The van der Waals surface area contributed by atoms with E-state index in [9.17, 15) is 4.79 Å². The molecule has 3 heteroatoms. The van der Waals surface area contributed by atoms with Crippen LogP contribution in [0.1, 0.15) is 79.9 Å². The number of carbonyl (C=O) groups is 1. The zero-order valence-corrected chi connectivity index (χ0v) is 21.6. The summed E-state index contributed by atoms with van der Waals surface area (Å²) in [6.45, 7) is 18.1. The lowest BCUT2D eigenvalue weighted by Crippen LogP contribution is -2.36. The zero-order valence-electron chi connectivity index (χ0n) is 21.6. The van der Waals surface area contributed by atoms with Crippen molar-refractivity contribution in [3.8, 4) is 0 Å². The Hall–Kier alpha value is -1.87. The van der Waals surface area contributed by atoms with Crippen LogP contribution < -0.4 is 0 Å². The Bertz CT molecular complexity index is 596. The summed E-state index contributed by atoms with van der Waals surface area (Å²) >= 11 is 0. The highest BCUT2D eigenvalue weighted by Gasteiger charge is 2.26. The molecule has 0 bridgehead atoms. The second-order valence-corrected chi connectivity index (χ2v) is 6.74. The van der Waals surface area contributed by atoms with Crippen molar-refractivity contribution < 1.29 is 4.79 Å². The summed E-state index contributed by atoms with van der Waals surface area (Å²) < 4.78 is 0. The van der Waals surface area contributed by atoms with Crippen LogP contribution in [0.15, 0.2) is 42.5 Å². The minimum Gasteiger partial charge on any atom is -0.349 e. The maximum Gasteiger partial charge on any atom is 0.218 e. The summed E-state index contributed by atoms with van der Waals surface area (Å²) in [5.74, 6) is 0.0926. The SMILES string of the molecule is CC.CC.CC.CC(=O)N(C)C.CN(C)C(C)(C)c1ccccc1C1=CC=CC1. The first-order chi connectivity index (χ1) is 13.7. The third kappa shape index (κ3) is 11.7. The minimum atomic E-state index is 0.0556. The van der Waals surface area contributed by atoms with Gasteiger partial charge in [0, 0.05) is 26.6 Å². The van der Waals surface area contributed by atoms with E-state index in [4.69, 9.17) is 0 Å². The van der Waals surface area contributed by atoms with E-state index in [1.807, 2.05) is 41.5 Å². The molecule has 1 amide bonds. The van der Waals surface area contributed by atoms with Gasteiger partial charge >= 0.3 is 0 Å². The van der Waals surface area contributed by atoms with Gasteiger partial charge in [0.25, 0.3) is 0 Å². The number of allylic oxidation sites excluding steroid dienone is 4. The summed E-state index contributed by atoms with van der Waals surface area (Å²) in [6, 6.07) is 8.74. The van der Waals surface area contributed by atoms with Crippen molar-refractivity contribution in [3.05, 3.63) is 53.6 Å². The van der Waals surface area contributed by atoms with Gasteiger partial charge in [-0.25, -0.2) is 0 Å². The average molecular weight is 405 g/mol.